The van der Waals surface area contributed by atoms with Crippen LogP contribution in [0.25, 0.3) is 0 Å². The molecule has 47 heavy (non-hydrogen) atoms. The van der Waals surface area contributed by atoms with E-state index < -0.39 is 24.2 Å². The highest BCUT2D eigenvalue weighted by Crippen LogP contribution is 2.34. The Morgan fingerprint density at radius 3 is 0.830 bits per heavy atom. The van der Waals surface area contributed by atoms with Crippen LogP contribution in [0.1, 0.15) is 195 Å². The minimum Gasteiger partial charge on any atom is -0.349 e. The topological polar surface area (TPSA) is 64.6 Å². The summed E-state index contributed by atoms with van der Waals surface area (Å²) in [7, 11) is 6.73. The van der Waals surface area contributed by atoms with E-state index in [1.54, 1.807) is 28.4 Å². The Balaban J connectivity index is 5.24. The van der Waals surface area contributed by atoms with Crippen LogP contribution in [0.4, 0.5) is 0 Å². The van der Waals surface area contributed by atoms with E-state index in [0.29, 0.717) is 26.1 Å². The third kappa shape index (κ3) is 21.5. The molecule has 0 fully saturated rings. The summed E-state index contributed by atoms with van der Waals surface area (Å²) < 4.78 is 43.7. The first-order valence-electron chi connectivity index (χ1n) is 20.1. The Kier molecular flexibility index (Phi) is 32.7. The van der Waals surface area contributed by atoms with Crippen molar-refractivity contribution in [2.45, 2.75) is 219 Å². The smallest absolute Gasteiger partial charge is 0.220 e. The highest BCUT2D eigenvalue weighted by Gasteiger charge is 2.48. The summed E-state index contributed by atoms with van der Waals surface area (Å²) in [5, 5.41) is 0. The zero-order valence-corrected chi connectivity index (χ0v) is 32.8. The number of unbranched alkanes of at least 4 members (excludes halogenated alkanes) is 20. The van der Waals surface area contributed by atoms with Crippen LogP contribution in [-0.2, 0) is 33.2 Å². The first-order valence-corrected chi connectivity index (χ1v) is 20.1. The Bertz CT molecular complexity index is 572. The van der Waals surface area contributed by atoms with Gasteiger partial charge in [0, 0.05) is 54.5 Å². The van der Waals surface area contributed by atoms with Crippen LogP contribution < -0.4 is 0 Å². The first kappa shape index (κ1) is 46.7. The van der Waals surface area contributed by atoms with Crippen molar-refractivity contribution in [2.75, 3.05) is 41.7 Å². The molecule has 2 unspecified atom stereocenters. The lowest BCUT2D eigenvalue weighted by Gasteiger charge is -2.43. The molecule has 0 aromatic carbocycles. The lowest BCUT2D eigenvalue weighted by atomic mass is 10.0. The van der Waals surface area contributed by atoms with E-state index in [4.69, 9.17) is 33.2 Å². The van der Waals surface area contributed by atoms with E-state index in [1.807, 2.05) is 0 Å². The molecule has 2 atom stereocenters. The van der Waals surface area contributed by atoms with Gasteiger partial charge in [-0.25, -0.2) is 0 Å². The van der Waals surface area contributed by atoms with Crippen LogP contribution in [-0.4, -0.2) is 65.8 Å². The van der Waals surface area contributed by atoms with Crippen molar-refractivity contribution in [1.29, 1.82) is 0 Å². The van der Waals surface area contributed by atoms with Crippen molar-refractivity contribution >= 4 is 0 Å². The van der Waals surface area contributed by atoms with Crippen molar-refractivity contribution < 1.29 is 33.2 Å². The van der Waals surface area contributed by atoms with Crippen LogP contribution in [0, 0.1) is 0 Å². The largest absolute Gasteiger partial charge is 0.349 e. The molecule has 0 aliphatic carbocycles. The van der Waals surface area contributed by atoms with Gasteiger partial charge in [-0.1, -0.05) is 156 Å². The molecule has 0 aromatic heterocycles. The van der Waals surface area contributed by atoms with Crippen molar-refractivity contribution in [3.8, 4) is 0 Å². The van der Waals surface area contributed by atoms with Crippen molar-refractivity contribution in [3.05, 3.63) is 0 Å². The van der Waals surface area contributed by atoms with Crippen molar-refractivity contribution in [1.82, 2.24) is 0 Å². The maximum Gasteiger partial charge on any atom is 0.220 e. The molecule has 0 rings (SSSR count). The van der Waals surface area contributed by atoms with Gasteiger partial charge in [-0.05, 0) is 25.7 Å². The summed E-state index contributed by atoms with van der Waals surface area (Å²) in [6, 6.07) is 0. The summed E-state index contributed by atoms with van der Waals surface area (Å²) in [6.45, 7) is 9.77. The summed E-state index contributed by atoms with van der Waals surface area (Å²) in [5.41, 5.74) is 0. The summed E-state index contributed by atoms with van der Waals surface area (Å²) >= 11 is 0. The van der Waals surface area contributed by atoms with Crippen LogP contribution in [0.5, 0.6) is 0 Å². The second-order valence-electron chi connectivity index (χ2n) is 13.6. The van der Waals surface area contributed by atoms with Gasteiger partial charge in [0.1, 0.15) is 0 Å². The van der Waals surface area contributed by atoms with Crippen LogP contribution in [0.15, 0.2) is 0 Å². The summed E-state index contributed by atoms with van der Waals surface area (Å²) in [6.07, 6.45) is 29.6. The first-order chi connectivity index (χ1) is 23.0. The zero-order valence-electron chi connectivity index (χ0n) is 32.8. The fourth-order valence-corrected chi connectivity index (χ4v) is 6.37. The van der Waals surface area contributed by atoms with E-state index >= 15 is 0 Å². The highest BCUT2D eigenvalue weighted by atomic mass is 16.8. The molecule has 0 saturated heterocycles. The van der Waals surface area contributed by atoms with Gasteiger partial charge in [0.05, 0.1) is 0 Å². The SMILES string of the molecule is CCCCCCCCCCCCCC(OC)(OC)C(OCCC)OC(OCCC)C(CCCCCCCCCCCCC)(OC)OC. The molecule has 0 aliphatic rings. The average molecular weight is 675 g/mol. The molecule has 0 aliphatic heterocycles. The second kappa shape index (κ2) is 32.9. The fraction of sp³-hybridized carbons (Fsp3) is 1.00. The van der Waals surface area contributed by atoms with E-state index in [9.17, 15) is 0 Å². The molecule has 7 heteroatoms. The van der Waals surface area contributed by atoms with Gasteiger partial charge in [0.2, 0.25) is 24.2 Å². The van der Waals surface area contributed by atoms with E-state index in [2.05, 4.69) is 27.7 Å². The molecule has 7 nitrogen and oxygen atoms in total. The lowest BCUT2D eigenvalue weighted by molar-refractivity contribution is -0.415. The maximum absolute atomic E-state index is 6.71. The third-order valence-corrected chi connectivity index (χ3v) is 9.55. The molecule has 0 N–H and O–H groups in total. The average Bonchev–Trinajstić information content (AvgIpc) is 3.10. The van der Waals surface area contributed by atoms with E-state index in [0.717, 1.165) is 38.5 Å². The van der Waals surface area contributed by atoms with E-state index in [1.165, 1.54) is 116 Å². The maximum atomic E-state index is 6.71. The number of rotatable bonds is 38. The molecule has 0 saturated carbocycles. The zero-order chi connectivity index (χ0) is 34.9. The normalized spacial score (nSPS) is 13.8. The van der Waals surface area contributed by atoms with Crippen LogP contribution >= 0.6 is 0 Å². The predicted octanol–water partition coefficient (Wildman–Crippen LogP) is 11.9. The molecule has 0 radical (unpaired) electrons. The Hall–Kier alpha value is -0.280. The molecule has 0 aromatic rings. The molecular formula is C40H82O7. The van der Waals surface area contributed by atoms with Crippen molar-refractivity contribution in [3.63, 3.8) is 0 Å². The van der Waals surface area contributed by atoms with Gasteiger partial charge < -0.3 is 33.2 Å². The molecule has 284 valence electrons. The number of methoxy groups -OCH3 is 4. The molecular weight excluding hydrogens is 592 g/mol. The predicted molar refractivity (Wildman–Crippen MR) is 197 cm³/mol. The Morgan fingerprint density at radius 1 is 0.340 bits per heavy atom. The minimum atomic E-state index is -1.06. The number of ether oxygens (including phenoxy) is 7. The number of hydrogen-bond acceptors (Lipinski definition) is 7. The molecule has 0 bridgehead atoms. The minimum absolute atomic E-state index is 0.517. The van der Waals surface area contributed by atoms with E-state index in [-0.39, 0.29) is 0 Å². The third-order valence-electron chi connectivity index (χ3n) is 9.55. The standard InChI is InChI=1S/C40H82O7/c1-9-13-15-17-19-21-23-25-27-29-31-33-39(41-5,42-6)37(45-35-11-3)47-38(46-36-12-4)40(43-7,44-8)34-32-30-28-26-24-22-20-18-16-14-10-2/h37-38H,9-36H2,1-8H3. The molecule has 0 amide bonds. The highest BCUT2D eigenvalue weighted by molar-refractivity contribution is 4.80. The van der Waals surface area contributed by atoms with Gasteiger partial charge in [-0.3, -0.25) is 0 Å². The summed E-state index contributed by atoms with van der Waals surface area (Å²) in [5.74, 6) is -2.13. The van der Waals surface area contributed by atoms with Crippen LogP contribution in [0.3, 0.4) is 0 Å². The van der Waals surface area contributed by atoms with Crippen LogP contribution in [0.2, 0.25) is 0 Å². The second-order valence-corrected chi connectivity index (χ2v) is 13.6. The van der Waals surface area contributed by atoms with Gasteiger partial charge in [0.15, 0.2) is 0 Å². The van der Waals surface area contributed by atoms with Crippen molar-refractivity contribution in [2.24, 2.45) is 0 Å². The molecule has 0 heterocycles. The lowest BCUT2D eigenvalue weighted by Crippen LogP contribution is -2.56. The van der Waals surface area contributed by atoms with Gasteiger partial charge >= 0.3 is 0 Å². The van der Waals surface area contributed by atoms with Gasteiger partial charge in [0.25, 0.3) is 0 Å². The molecule has 0 spiro atoms. The Labute approximate surface area is 293 Å². The quantitative estimate of drug-likeness (QED) is 0.0477. The monoisotopic (exact) mass is 675 g/mol. The summed E-state index contributed by atoms with van der Waals surface area (Å²) in [4.78, 5) is 0. The number of hydrogen-bond donors (Lipinski definition) is 0. The van der Waals surface area contributed by atoms with Gasteiger partial charge in [-0.15, -0.1) is 0 Å². The van der Waals surface area contributed by atoms with Gasteiger partial charge in [-0.2, -0.15) is 0 Å². The fourth-order valence-electron chi connectivity index (χ4n) is 6.37. The Morgan fingerprint density at radius 2 is 0.596 bits per heavy atom.